The van der Waals surface area contributed by atoms with Crippen molar-refractivity contribution in [2.45, 2.75) is 38.6 Å². The van der Waals surface area contributed by atoms with Gasteiger partial charge in [0.15, 0.2) is 0 Å². The number of aryl methyl sites for hydroxylation is 1. The third kappa shape index (κ3) is 2.58. The summed E-state index contributed by atoms with van der Waals surface area (Å²) in [5.74, 6) is 0.466. The number of hydrogen-bond acceptors (Lipinski definition) is 1. The van der Waals surface area contributed by atoms with Gasteiger partial charge in [0.25, 0.3) is 0 Å². The second kappa shape index (κ2) is 5.70. The van der Waals surface area contributed by atoms with Gasteiger partial charge in [-0.25, -0.2) is 0 Å². The summed E-state index contributed by atoms with van der Waals surface area (Å²) in [6.07, 6.45) is 5.80. The topological polar surface area (TPSA) is 34.0 Å². The lowest BCUT2D eigenvalue weighted by Crippen LogP contribution is -2.31. The number of nitrogens with one attached hydrogen (secondary N) is 1. The molecule has 3 heteroatoms. The molecular weight excluding hydrogens is 248 g/mol. The Bertz CT molecular complexity index is 608. The Morgan fingerprint density at radius 1 is 1.25 bits per heavy atom. The molecule has 1 N–H and O–H groups in total. The Morgan fingerprint density at radius 3 is 2.75 bits per heavy atom. The number of hydrogen-bond donors (Lipinski definition) is 1. The van der Waals surface area contributed by atoms with E-state index in [0.29, 0.717) is 6.54 Å². The zero-order valence-electron chi connectivity index (χ0n) is 12.1. The fourth-order valence-corrected chi connectivity index (χ4v) is 3.20. The molecule has 0 saturated heterocycles. The first-order valence-corrected chi connectivity index (χ1v) is 7.57. The van der Waals surface area contributed by atoms with Gasteiger partial charge in [-0.15, -0.1) is 0 Å². The van der Waals surface area contributed by atoms with Crippen LogP contribution in [0.5, 0.6) is 0 Å². The van der Waals surface area contributed by atoms with Gasteiger partial charge in [-0.1, -0.05) is 37.5 Å². The van der Waals surface area contributed by atoms with Gasteiger partial charge in [0.2, 0.25) is 5.91 Å². The van der Waals surface area contributed by atoms with Crippen LogP contribution in [-0.2, 0) is 18.4 Å². The zero-order valence-corrected chi connectivity index (χ0v) is 12.1. The summed E-state index contributed by atoms with van der Waals surface area (Å²) in [6.45, 7) is 0.626. The lowest BCUT2D eigenvalue weighted by Gasteiger charge is -2.20. The van der Waals surface area contributed by atoms with Crippen LogP contribution in [0.4, 0.5) is 0 Å². The van der Waals surface area contributed by atoms with Crippen molar-refractivity contribution in [3.63, 3.8) is 0 Å². The SMILES string of the molecule is Cn1c(CNC(=O)C2CCCCC2)cc2ccccc21. The minimum absolute atomic E-state index is 0.231. The third-order valence-corrected chi connectivity index (χ3v) is 4.47. The molecule has 1 aliphatic rings. The molecule has 1 aromatic heterocycles. The Balaban J connectivity index is 1.67. The van der Waals surface area contributed by atoms with Gasteiger partial charge in [0, 0.05) is 24.2 Å². The first-order valence-electron chi connectivity index (χ1n) is 7.57. The number of carbonyl (C=O) groups is 1. The molecule has 0 unspecified atom stereocenters. The van der Waals surface area contributed by atoms with E-state index in [2.05, 4.69) is 35.1 Å². The number of amides is 1. The fraction of sp³-hybridized carbons (Fsp3) is 0.471. The average molecular weight is 270 g/mol. The van der Waals surface area contributed by atoms with Crippen LogP contribution >= 0.6 is 0 Å². The largest absolute Gasteiger partial charge is 0.350 e. The molecular formula is C17H22N2O. The predicted molar refractivity (Wildman–Crippen MR) is 81.3 cm³/mol. The van der Waals surface area contributed by atoms with Crippen LogP contribution in [0.25, 0.3) is 10.9 Å². The number of fused-ring (bicyclic) bond motifs is 1. The van der Waals surface area contributed by atoms with Crippen molar-refractivity contribution in [1.82, 2.24) is 9.88 Å². The standard InChI is InChI=1S/C17H22N2O/c1-19-15(11-14-9-5-6-10-16(14)19)12-18-17(20)13-7-3-2-4-8-13/h5-6,9-11,13H,2-4,7-8,12H2,1H3,(H,18,20). The van der Waals surface area contributed by atoms with Gasteiger partial charge in [-0.3, -0.25) is 4.79 Å². The molecule has 0 radical (unpaired) electrons. The molecule has 106 valence electrons. The molecule has 1 aromatic carbocycles. The van der Waals surface area contributed by atoms with Gasteiger partial charge < -0.3 is 9.88 Å². The van der Waals surface area contributed by atoms with Gasteiger partial charge in [0.1, 0.15) is 0 Å². The van der Waals surface area contributed by atoms with E-state index in [1.165, 1.54) is 30.2 Å². The summed E-state index contributed by atoms with van der Waals surface area (Å²) in [6, 6.07) is 10.5. The van der Waals surface area contributed by atoms with Gasteiger partial charge in [0.05, 0.1) is 6.54 Å². The molecule has 0 bridgehead atoms. The minimum atomic E-state index is 0.231. The van der Waals surface area contributed by atoms with Crippen molar-refractivity contribution >= 4 is 16.8 Å². The van der Waals surface area contributed by atoms with Crippen LogP contribution in [0.1, 0.15) is 37.8 Å². The van der Waals surface area contributed by atoms with Crippen molar-refractivity contribution in [1.29, 1.82) is 0 Å². The molecule has 1 aliphatic carbocycles. The van der Waals surface area contributed by atoms with E-state index in [-0.39, 0.29) is 11.8 Å². The first-order chi connectivity index (χ1) is 9.75. The molecule has 1 heterocycles. The molecule has 2 aromatic rings. The quantitative estimate of drug-likeness (QED) is 0.911. The predicted octanol–water partition coefficient (Wildman–Crippen LogP) is 3.37. The lowest BCUT2D eigenvalue weighted by molar-refractivity contribution is -0.126. The molecule has 0 aliphatic heterocycles. The Labute approximate surface area is 120 Å². The normalized spacial score (nSPS) is 16.4. The van der Waals surface area contributed by atoms with E-state index in [1.807, 2.05) is 12.1 Å². The number of rotatable bonds is 3. The molecule has 0 atom stereocenters. The van der Waals surface area contributed by atoms with Crippen LogP contribution in [0.2, 0.25) is 0 Å². The number of carbonyl (C=O) groups excluding carboxylic acids is 1. The highest BCUT2D eigenvalue weighted by Crippen LogP contribution is 2.24. The summed E-state index contributed by atoms with van der Waals surface area (Å²) in [5, 5.41) is 4.34. The lowest BCUT2D eigenvalue weighted by atomic mass is 9.89. The number of aromatic nitrogens is 1. The summed E-state index contributed by atoms with van der Waals surface area (Å²) >= 11 is 0. The molecule has 3 nitrogen and oxygen atoms in total. The van der Waals surface area contributed by atoms with Gasteiger partial charge in [-0.2, -0.15) is 0 Å². The Kier molecular flexibility index (Phi) is 3.77. The smallest absolute Gasteiger partial charge is 0.223 e. The summed E-state index contributed by atoms with van der Waals surface area (Å²) < 4.78 is 2.16. The molecule has 1 amide bonds. The van der Waals surface area contributed by atoms with Crippen molar-refractivity contribution in [3.8, 4) is 0 Å². The molecule has 1 fully saturated rings. The van der Waals surface area contributed by atoms with E-state index in [1.54, 1.807) is 0 Å². The maximum absolute atomic E-state index is 12.2. The van der Waals surface area contributed by atoms with Crippen LogP contribution < -0.4 is 5.32 Å². The number of benzene rings is 1. The van der Waals surface area contributed by atoms with E-state index in [4.69, 9.17) is 0 Å². The van der Waals surface area contributed by atoms with Crippen molar-refractivity contribution < 1.29 is 4.79 Å². The van der Waals surface area contributed by atoms with Crippen LogP contribution in [-0.4, -0.2) is 10.5 Å². The number of nitrogens with zero attached hydrogens (tertiary/aromatic N) is 1. The van der Waals surface area contributed by atoms with Gasteiger partial charge in [-0.05, 0) is 30.4 Å². The zero-order chi connectivity index (χ0) is 13.9. The van der Waals surface area contributed by atoms with Crippen molar-refractivity contribution in [2.24, 2.45) is 13.0 Å². The summed E-state index contributed by atoms with van der Waals surface area (Å²) in [7, 11) is 2.06. The fourth-order valence-electron chi connectivity index (χ4n) is 3.20. The maximum atomic E-state index is 12.2. The molecule has 0 spiro atoms. The second-order valence-corrected chi connectivity index (χ2v) is 5.81. The van der Waals surface area contributed by atoms with E-state index < -0.39 is 0 Å². The Hall–Kier alpha value is -1.77. The van der Waals surface area contributed by atoms with Crippen LogP contribution in [0.15, 0.2) is 30.3 Å². The molecule has 1 saturated carbocycles. The summed E-state index contributed by atoms with van der Waals surface area (Å²) in [5.41, 5.74) is 2.38. The van der Waals surface area contributed by atoms with Crippen LogP contribution in [0.3, 0.4) is 0 Å². The minimum Gasteiger partial charge on any atom is -0.350 e. The van der Waals surface area contributed by atoms with Gasteiger partial charge >= 0.3 is 0 Å². The first kappa shape index (κ1) is 13.2. The highest BCUT2D eigenvalue weighted by atomic mass is 16.1. The van der Waals surface area contributed by atoms with E-state index in [9.17, 15) is 4.79 Å². The second-order valence-electron chi connectivity index (χ2n) is 5.81. The highest BCUT2D eigenvalue weighted by molar-refractivity contribution is 5.82. The van der Waals surface area contributed by atoms with Crippen molar-refractivity contribution in [2.75, 3.05) is 0 Å². The maximum Gasteiger partial charge on any atom is 0.223 e. The Morgan fingerprint density at radius 2 is 2.00 bits per heavy atom. The average Bonchev–Trinajstić information content (AvgIpc) is 2.83. The summed E-state index contributed by atoms with van der Waals surface area (Å²) in [4.78, 5) is 12.2. The number of para-hydroxylation sites is 1. The van der Waals surface area contributed by atoms with Crippen molar-refractivity contribution in [3.05, 3.63) is 36.0 Å². The van der Waals surface area contributed by atoms with Crippen LogP contribution in [0, 0.1) is 5.92 Å². The third-order valence-electron chi connectivity index (χ3n) is 4.47. The van der Waals surface area contributed by atoms with E-state index in [0.717, 1.165) is 18.5 Å². The van der Waals surface area contributed by atoms with E-state index >= 15 is 0 Å². The highest BCUT2D eigenvalue weighted by Gasteiger charge is 2.20. The molecule has 20 heavy (non-hydrogen) atoms. The molecule has 3 rings (SSSR count). The monoisotopic (exact) mass is 270 g/mol.